The second-order valence-corrected chi connectivity index (χ2v) is 7.64. The maximum Gasteiger partial charge on any atom is 0.410 e. The minimum atomic E-state index is -0.563. The zero-order valence-electron chi connectivity index (χ0n) is 15.8. The van der Waals surface area contributed by atoms with E-state index >= 15 is 0 Å². The molecule has 2 rings (SSSR count). The number of hydrogen-bond acceptors (Lipinski definition) is 5. The Kier molecular flexibility index (Phi) is 6.47. The van der Waals surface area contributed by atoms with Gasteiger partial charge in [-0.3, -0.25) is 0 Å². The highest BCUT2D eigenvalue weighted by Crippen LogP contribution is 2.23. The number of nitrogens with zero attached hydrogens (tertiary/aromatic N) is 1. The van der Waals surface area contributed by atoms with Crippen LogP contribution >= 0.6 is 0 Å². The lowest BCUT2D eigenvalue weighted by Crippen LogP contribution is -2.60. The van der Waals surface area contributed by atoms with Crippen LogP contribution in [-0.2, 0) is 16.1 Å². The van der Waals surface area contributed by atoms with Crippen molar-refractivity contribution < 1.29 is 19.1 Å². The van der Waals surface area contributed by atoms with Crippen LogP contribution in [0.25, 0.3) is 0 Å². The molecule has 0 aliphatic carbocycles. The molecule has 144 valence electrons. The number of nitrogens with two attached hydrogens (primary N) is 1. The van der Waals surface area contributed by atoms with E-state index in [2.05, 4.69) is 5.32 Å². The molecular weight excluding hydrogens is 334 g/mol. The molecule has 0 saturated carbocycles. The van der Waals surface area contributed by atoms with Gasteiger partial charge in [0.05, 0.1) is 5.54 Å². The quantitative estimate of drug-likeness (QED) is 0.858. The number of amides is 2. The third kappa shape index (κ3) is 5.91. The average molecular weight is 363 g/mol. The number of carbonyl (C=O) groups is 2. The van der Waals surface area contributed by atoms with Crippen molar-refractivity contribution in [2.75, 3.05) is 19.6 Å². The van der Waals surface area contributed by atoms with Crippen LogP contribution in [0.3, 0.4) is 0 Å². The van der Waals surface area contributed by atoms with Gasteiger partial charge < -0.3 is 25.4 Å². The van der Waals surface area contributed by atoms with Gasteiger partial charge in [-0.2, -0.15) is 0 Å². The van der Waals surface area contributed by atoms with Crippen molar-refractivity contribution in [1.82, 2.24) is 10.2 Å². The van der Waals surface area contributed by atoms with Crippen LogP contribution in [0.1, 0.15) is 39.2 Å². The Morgan fingerprint density at radius 2 is 1.81 bits per heavy atom. The maximum absolute atomic E-state index is 12.2. The number of rotatable bonds is 4. The number of benzene rings is 1. The fourth-order valence-electron chi connectivity index (χ4n) is 2.80. The minimum Gasteiger partial charge on any atom is -0.445 e. The predicted molar refractivity (Wildman–Crippen MR) is 98.6 cm³/mol. The van der Waals surface area contributed by atoms with E-state index in [0.29, 0.717) is 25.9 Å². The molecule has 1 aromatic carbocycles. The first-order chi connectivity index (χ1) is 12.2. The summed E-state index contributed by atoms with van der Waals surface area (Å²) in [5, 5.41) is 2.90. The lowest BCUT2D eigenvalue weighted by molar-refractivity contribution is 0.0150. The molecule has 1 heterocycles. The molecule has 1 saturated heterocycles. The molecule has 1 aliphatic rings. The molecule has 0 bridgehead atoms. The van der Waals surface area contributed by atoms with Gasteiger partial charge in [-0.05, 0) is 39.2 Å². The van der Waals surface area contributed by atoms with E-state index in [0.717, 1.165) is 5.56 Å². The van der Waals surface area contributed by atoms with Crippen LogP contribution in [0, 0.1) is 0 Å². The number of ether oxygens (including phenoxy) is 2. The van der Waals surface area contributed by atoms with Gasteiger partial charge in [0.1, 0.15) is 12.2 Å². The van der Waals surface area contributed by atoms with E-state index in [9.17, 15) is 9.59 Å². The summed E-state index contributed by atoms with van der Waals surface area (Å²) < 4.78 is 10.7. The molecule has 1 fully saturated rings. The third-order valence-corrected chi connectivity index (χ3v) is 4.34. The topological polar surface area (TPSA) is 93.9 Å². The Hall–Kier alpha value is -2.28. The SMILES string of the molecule is CC(C)(C)OC(=O)N1CCC(CN)(NC(=O)OCc2ccccc2)CC1. The normalized spacial score (nSPS) is 16.7. The Balaban J connectivity index is 1.84. The van der Waals surface area contributed by atoms with Crippen molar-refractivity contribution in [3.63, 3.8) is 0 Å². The van der Waals surface area contributed by atoms with Gasteiger partial charge in [0.25, 0.3) is 0 Å². The second kappa shape index (κ2) is 8.40. The van der Waals surface area contributed by atoms with E-state index in [1.165, 1.54) is 0 Å². The van der Waals surface area contributed by atoms with Gasteiger partial charge >= 0.3 is 12.2 Å². The maximum atomic E-state index is 12.2. The molecule has 7 heteroatoms. The summed E-state index contributed by atoms with van der Waals surface area (Å²) >= 11 is 0. The number of carbonyl (C=O) groups excluding carboxylic acids is 2. The molecule has 0 radical (unpaired) electrons. The number of nitrogens with one attached hydrogen (secondary N) is 1. The van der Waals surface area contributed by atoms with Crippen molar-refractivity contribution in [1.29, 1.82) is 0 Å². The van der Waals surface area contributed by atoms with Crippen LogP contribution < -0.4 is 11.1 Å². The predicted octanol–water partition coefficient (Wildman–Crippen LogP) is 2.64. The lowest BCUT2D eigenvalue weighted by atomic mass is 9.88. The first-order valence-corrected chi connectivity index (χ1v) is 8.90. The Labute approximate surface area is 154 Å². The van der Waals surface area contributed by atoms with Crippen molar-refractivity contribution >= 4 is 12.2 Å². The largest absolute Gasteiger partial charge is 0.445 e. The summed E-state index contributed by atoms with van der Waals surface area (Å²) in [5.74, 6) is 0. The van der Waals surface area contributed by atoms with Crippen LogP contribution in [0.15, 0.2) is 30.3 Å². The second-order valence-electron chi connectivity index (χ2n) is 7.64. The van der Waals surface area contributed by atoms with Crippen LogP contribution in [0.4, 0.5) is 9.59 Å². The molecule has 0 spiro atoms. The zero-order valence-corrected chi connectivity index (χ0v) is 15.8. The van der Waals surface area contributed by atoms with Crippen molar-refractivity contribution in [3.05, 3.63) is 35.9 Å². The molecule has 7 nitrogen and oxygen atoms in total. The highest BCUT2D eigenvalue weighted by Gasteiger charge is 2.37. The first-order valence-electron chi connectivity index (χ1n) is 8.90. The minimum absolute atomic E-state index is 0.206. The summed E-state index contributed by atoms with van der Waals surface area (Å²) in [7, 11) is 0. The van der Waals surface area contributed by atoms with Gasteiger partial charge in [0.2, 0.25) is 0 Å². The Morgan fingerprint density at radius 3 is 2.35 bits per heavy atom. The molecule has 2 amide bonds. The van der Waals surface area contributed by atoms with Crippen molar-refractivity contribution in [2.45, 2.75) is 51.4 Å². The van der Waals surface area contributed by atoms with Crippen molar-refractivity contribution in [2.24, 2.45) is 5.73 Å². The van der Waals surface area contributed by atoms with E-state index in [1.54, 1.807) is 4.90 Å². The summed E-state index contributed by atoms with van der Waals surface area (Å²) in [6.45, 7) is 6.96. The van der Waals surface area contributed by atoms with E-state index in [1.807, 2.05) is 51.1 Å². The Bertz CT molecular complexity index is 605. The van der Waals surface area contributed by atoms with Crippen LogP contribution in [0.5, 0.6) is 0 Å². The summed E-state index contributed by atoms with van der Waals surface area (Å²) in [5.41, 5.74) is 5.74. The lowest BCUT2D eigenvalue weighted by Gasteiger charge is -2.41. The van der Waals surface area contributed by atoms with E-state index in [4.69, 9.17) is 15.2 Å². The van der Waals surface area contributed by atoms with Gasteiger partial charge in [0.15, 0.2) is 0 Å². The Morgan fingerprint density at radius 1 is 1.19 bits per heavy atom. The summed E-state index contributed by atoms with van der Waals surface area (Å²) in [6.07, 6.45) is 0.284. The highest BCUT2D eigenvalue weighted by atomic mass is 16.6. The number of piperidine rings is 1. The summed E-state index contributed by atoms with van der Waals surface area (Å²) in [4.78, 5) is 26.0. The highest BCUT2D eigenvalue weighted by molar-refractivity contribution is 5.69. The van der Waals surface area contributed by atoms with Crippen molar-refractivity contribution in [3.8, 4) is 0 Å². The van der Waals surface area contributed by atoms with Gasteiger partial charge in [-0.1, -0.05) is 30.3 Å². The fraction of sp³-hybridized carbons (Fsp3) is 0.579. The van der Waals surface area contributed by atoms with Gasteiger partial charge in [0, 0.05) is 19.6 Å². The van der Waals surface area contributed by atoms with Gasteiger partial charge in [-0.15, -0.1) is 0 Å². The molecule has 0 aromatic heterocycles. The molecule has 0 atom stereocenters. The van der Waals surface area contributed by atoms with Crippen LogP contribution in [0.2, 0.25) is 0 Å². The third-order valence-electron chi connectivity index (χ3n) is 4.34. The average Bonchev–Trinajstić information content (AvgIpc) is 2.60. The molecule has 1 aromatic rings. The molecule has 0 unspecified atom stereocenters. The molecule has 1 aliphatic heterocycles. The zero-order chi connectivity index (χ0) is 19.2. The first kappa shape index (κ1) is 20.0. The monoisotopic (exact) mass is 363 g/mol. The fourth-order valence-corrected chi connectivity index (χ4v) is 2.80. The van der Waals surface area contributed by atoms with E-state index < -0.39 is 17.2 Å². The standard InChI is InChI=1S/C19H29N3O4/c1-18(2,3)26-17(24)22-11-9-19(14-20,10-12-22)21-16(23)25-13-15-7-5-4-6-8-15/h4-8H,9-14,20H2,1-3H3,(H,21,23). The van der Waals surface area contributed by atoms with Crippen LogP contribution in [-0.4, -0.2) is 47.9 Å². The van der Waals surface area contributed by atoms with Gasteiger partial charge in [-0.25, -0.2) is 9.59 Å². The summed E-state index contributed by atoms with van der Waals surface area (Å²) in [6, 6.07) is 9.48. The number of alkyl carbamates (subject to hydrolysis) is 1. The van der Waals surface area contributed by atoms with E-state index in [-0.39, 0.29) is 19.2 Å². The molecule has 3 N–H and O–H groups in total. The number of hydrogen-bond donors (Lipinski definition) is 2. The molecular formula is C19H29N3O4. The molecule has 26 heavy (non-hydrogen) atoms. The smallest absolute Gasteiger partial charge is 0.410 e. The number of likely N-dealkylation sites (tertiary alicyclic amines) is 1.